The Morgan fingerprint density at radius 1 is 1.50 bits per heavy atom. The zero-order chi connectivity index (χ0) is 14.5. The highest BCUT2D eigenvalue weighted by molar-refractivity contribution is 9.10. The summed E-state index contributed by atoms with van der Waals surface area (Å²) in [5, 5.41) is 11.0. The molecule has 0 fully saturated rings. The van der Waals surface area contributed by atoms with Gasteiger partial charge in [-0.25, -0.2) is 4.98 Å². The van der Waals surface area contributed by atoms with Gasteiger partial charge < -0.3 is 9.47 Å². The van der Waals surface area contributed by atoms with E-state index in [2.05, 4.69) is 20.9 Å². The van der Waals surface area contributed by atoms with E-state index in [9.17, 15) is 10.1 Å². The number of nitro benzene ring substituents is 1. The van der Waals surface area contributed by atoms with Crippen LogP contribution in [-0.4, -0.2) is 28.1 Å². The lowest BCUT2D eigenvalue weighted by Crippen LogP contribution is -2.20. The monoisotopic (exact) mass is 338 g/mol. The zero-order valence-electron chi connectivity index (χ0n) is 11.1. The van der Waals surface area contributed by atoms with E-state index in [4.69, 9.17) is 0 Å². The van der Waals surface area contributed by atoms with E-state index >= 15 is 0 Å². The molecule has 0 saturated carbocycles. The molecule has 0 unspecified atom stereocenters. The first-order chi connectivity index (χ1) is 9.58. The molecule has 0 N–H and O–H groups in total. The Bertz CT molecular complexity index is 586. The molecule has 0 atom stereocenters. The van der Waals surface area contributed by atoms with E-state index in [0.29, 0.717) is 5.69 Å². The van der Waals surface area contributed by atoms with E-state index in [1.807, 2.05) is 22.7 Å². The average Bonchev–Trinajstić information content (AvgIpc) is 2.91. The Balaban J connectivity index is 2.02. The molecule has 7 heteroatoms. The van der Waals surface area contributed by atoms with Crippen LogP contribution >= 0.6 is 15.9 Å². The molecule has 2 aromatic rings. The number of imidazole rings is 1. The fourth-order valence-corrected chi connectivity index (χ4v) is 2.34. The topological polar surface area (TPSA) is 64.2 Å². The van der Waals surface area contributed by atoms with E-state index in [0.717, 1.165) is 24.0 Å². The Morgan fingerprint density at radius 3 is 2.95 bits per heavy atom. The second-order valence-electron chi connectivity index (χ2n) is 4.47. The van der Waals surface area contributed by atoms with Gasteiger partial charge in [-0.1, -0.05) is 15.9 Å². The molecule has 0 bridgehead atoms. The van der Waals surface area contributed by atoms with E-state index in [1.165, 1.54) is 6.07 Å². The van der Waals surface area contributed by atoms with Gasteiger partial charge in [-0.15, -0.1) is 0 Å². The third-order valence-corrected chi connectivity index (χ3v) is 3.51. The Morgan fingerprint density at radius 2 is 2.30 bits per heavy atom. The molecule has 0 saturated heterocycles. The Kier molecular flexibility index (Phi) is 4.73. The Hall–Kier alpha value is -1.89. The van der Waals surface area contributed by atoms with Gasteiger partial charge in [0.05, 0.1) is 11.3 Å². The second kappa shape index (κ2) is 6.51. The van der Waals surface area contributed by atoms with Crippen molar-refractivity contribution in [3.63, 3.8) is 0 Å². The van der Waals surface area contributed by atoms with Gasteiger partial charge in [0.15, 0.2) is 0 Å². The minimum Gasteiger partial charge on any atom is -0.369 e. The lowest BCUT2D eigenvalue weighted by Gasteiger charge is -2.19. The first-order valence-electron chi connectivity index (χ1n) is 6.19. The molecule has 1 heterocycles. The van der Waals surface area contributed by atoms with E-state index < -0.39 is 0 Å². The quantitative estimate of drug-likeness (QED) is 0.599. The molecule has 20 heavy (non-hydrogen) atoms. The average molecular weight is 339 g/mol. The summed E-state index contributed by atoms with van der Waals surface area (Å²) in [6.07, 6.45) is 6.29. The minimum atomic E-state index is -0.353. The van der Waals surface area contributed by atoms with Crippen molar-refractivity contribution < 1.29 is 4.92 Å². The number of halogens is 1. The van der Waals surface area contributed by atoms with Crippen LogP contribution in [0.3, 0.4) is 0 Å². The smallest absolute Gasteiger partial charge is 0.292 e. The second-order valence-corrected chi connectivity index (χ2v) is 5.38. The molecule has 106 valence electrons. The summed E-state index contributed by atoms with van der Waals surface area (Å²) in [6, 6.07) is 4.97. The number of hydrogen-bond acceptors (Lipinski definition) is 4. The van der Waals surface area contributed by atoms with Crippen molar-refractivity contribution in [1.82, 2.24) is 9.55 Å². The van der Waals surface area contributed by atoms with Gasteiger partial charge in [0.2, 0.25) is 0 Å². The first kappa shape index (κ1) is 14.5. The molecule has 0 aliphatic carbocycles. The fourth-order valence-electron chi connectivity index (χ4n) is 1.99. The summed E-state index contributed by atoms with van der Waals surface area (Å²) in [4.78, 5) is 16.6. The van der Waals surface area contributed by atoms with Crippen LogP contribution in [-0.2, 0) is 6.54 Å². The van der Waals surface area contributed by atoms with Gasteiger partial charge in [0.25, 0.3) is 5.69 Å². The molecule has 0 amide bonds. The van der Waals surface area contributed by atoms with Gasteiger partial charge in [-0.3, -0.25) is 10.1 Å². The zero-order valence-corrected chi connectivity index (χ0v) is 12.7. The molecular weight excluding hydrogens is 324 g/mol. The van der Waals surface area contributed by atoms with Crippen molar-refractivity contribution in [2.45, 2.75) is 13.0 Å². The summed E-state index contributed by atoms with van der Waals surface area (Å²) in [5.74, 6) is 0. The van der Waals surface area contributed by atoms with Crippen LogP contribution in [0.2, 0.25) is 0 Å². The molecule has 0 spiro atoms. The maximum absolute atomic E-state index is 11.0. The maximum Gasteiger partial charge on any atom is 0.292 e. The third-order valence-electron chi connectivity index (χ3n) is 3.01. The first-order valence-corrected chi connectivity index (χ1v) is 6.98. The van der Waals surface area contributed by atoms with Crippen LogP contribution in [0.1, 0.15) is 6.42 Å². The van der Waals surface area contributed by atoms with Crippen molar-refractivity contribution in [2.24, 2.45) is 0 Å². The fraction of sp³-hybridized carbons (Fsp3) is 0.308. The molecule has 1 aromatic heterocycles. The number of nitrogens with zero attached hydrogens (tertiary/aromatic N) is 4. The highest BCUT2D eigenvalue weighted by Crippen LogP contribution is 2.30. The number of aromatic nitrogens is 2. The summed E-state index contributed by atoms with van der Waals surface area (Å²) < 4.78 is 2.82. The maximum atomic E-state index is 11.0. The number of hydrogen-bond donors (Lipinski definition) is 0. The van der Waals surface area contributed by atoms with Gasteiger partial charge in [0, 0.05) is 43.1 Å². The molecular formula is C13H15BrN4O2. The van der Waals surface area contributed by atoms with Gasteiger partial charge in [-0.2, -0.15) is 0 Å². The number of rotatable bonds is 6. The van der Waals surface area contributed by atoms with Crippen LogP contribution in [0.4, 0.5) is 11.4 Å². The standard InChI is InChI=1S/C13H15BrN4O2/c1-16(6-2-7-17-8-5-15-10-17)13-9-11(14)3-4-12(13)18(19)20/h3-5,8-10H,2,6-7H2,1H3. The van der Waals surface area contributed by atoms with E-state index in [-0.39, 0.29) is 10.6 Å². The molecule has 0 radical (unpaired) electrons. The molecule has 6 nitrogen and oxygen atoms in total. The van der Waals surface area contributed by atoms with Crippen LogP contribution in [0.25, 0.3) is 0 Å². The predicted octanol–water partition coefficient (Wildman–Crippen LogP) is 3.08. The van der Waals surface area contributed by atoms with Crippen LogP contribution in [0.15, 0.2) is 41.4 Å². The van der Waals surface area contributed by atoms with Crippen LogP contribution in [0.5, 0.6) is 0 Å². The van der Waals surface area contributed by atoms with E-state index in [1.54, 1.807) is 24.7 Å². The number of benzene rings is 1. The number of nitro groups is 1. The van der Waals surface area contributed by atoms with Crippen molar-refractivity contribution >= 4 is 27.3 Å². The van der Waals surface area contributed by atoms with Gasteiger partial charge in [0.1, 0.15) is 5.69 Å². The summed E-state index contributed by atoms with van der Waals surface area (Å²) >= 11 is 3.35. The third kappa shape index (κ3) is 3.57. The lowest BCUT2D eigenvalue weighted by molar-refractivity contribution is -0.384. The summed E-state index contributed by atoms with van der Waals surface area (Å²) in [7, 11) is 1.86. The van der Waals surface area contributed by atoms with Crippen LogP contribution < -0.4 is 4.90 Å². The van der Waals surface area contributed by atoms with Gasteiger partial charge in [-0.05, 0) is 18.6 Å². The summed E-state index contributed by atoms with van der Waals surface area (Å²) in [5.41, 5.74) is 0.744. The van der Waals surface area contributed by atoms with Gasteiger partial charge >= 0.3 is 0 Å². The largest absolute Gasteiger partial charge is 0.369 e. The lowest BCUT2D eigenvalue weighted by atomic mass is 10.2. The molecule has 2 rings (SSSR count). The number of aryl methyl sites for hydroxylation is 1. The SMILES string of the molecule is CN(CCCn1ccnc1)c1cc(Br)ccc1[N+](=O)[O-]. The minimum absolute atomic E-state index is 0.123. The molecule has 0 aliphatic rings. The Labute approximate surface area is 125 Å². The number of anilines is 1. The normalized spacial score (nSPS) is 10.5. The predicted molar refractivity (Wildman–Crippen MR) is 80.9 cm³/mol. The van der Waals surface area contributed by atoms with Crippen molar-refractivity contribution in [2.75, 3.05) is 18.5 Å². The highest BCUT2D eigenvalue weighted by Gasteiger charge is 2.16. The highest BCUT2D eigenvalue weighted by atomic mass is 79.9. The van der Waals surface area contributed by atoms with Crippen molar-refractivity contribution in [3.05, 3.63) is 51.5 Å². The summed E-state index contributed by atoms with van der Waals surface area (Å²) in [6.45, 7) is 1.57. The van der Waals surface area contributed by atoms with Crippen molar-refractivity contribution in [3.8, 4) is 0 Å². The molecule has 0 aliphatic heterocycles. The van der Waals surface area contributed by atoms with Crippen LogP contribution in [0, 0.1) is 10.1 Å². The molecule has 1 aromatic carbocycles. The van der Waals surface area contributed by atoms with Crippen molar-refractivity contribution in [1.29, 1.82) is 0 Å².